The Balaban J connectivity index is 1.38. The molecule has 1 saturated carbocycles. The lowest BCUT2D eigenvalue weighted by Gasteiger charge is -2.25. The second-order valence-corrected chi connectivity index (χ2v) is 11.3. The molecule has 2 amide bonds. The van der Waals surface area contributed by atoms with Crippen LogP contribution in [0.1, 0.15) is 36.8 Å². The van der Waals surface area contributed by atoms with E-state index in [0.717, 1.165) is 13.1 Å². The number of amides is 2. The normalized spacial score (nSPS) is 21.4. The van der Waals surface area contributed by atoms with Gasteiger partial charge in [0, 0.05) is 46.0 Å². The molecule has 4 rings (SSSR count). The Morgan fingerprint density at radius 2 is 1.89 bits per heavy atom. The maximum absolute atomic E-state index is 13.3. The molecule has 2 heterocycles. The van der Waals surface area contributed by atoms with Crippen LogP contribution in [0.4, 0.5) is 13.2 Å². The zero-order chi connectivity index (χ0) is 27.0. The van der Waals surface area contributed by atoms with E-state index in [9.17, 15) is 22.8 Å². The van der Waals surface area contributed by atoms with Gasteiger partial charge in [-0.3, -0.25) is 14.5 Å². The molecule has 1 aliphatic carbocycles. The van der Waals surface area contributed by atoms with Crippen LogP contribution in [0.15, 0.2) is 36.8 Å². The van der Waals surface area contributed by atoms with Crippen molar-refractivity contribution in [3.05, 3.63) is 48.0 Å². The number of nitrogens with zero attached hydrogens (tertiary/aromatic N) is 4. The highest BCUT2D eigenvalue weighted by Gasteiger charge is 2.56. The smallest absolute Gasteiger partial charge is 0.406 e. The summed E-state index contributed by atoms with van der Waals surface area (Å²) in [5, 5.41) is 2.98. The summed E-state index contributed by atoms with van der Waals surface area (Å²) < 4.78 is 43.8. The van der Waals surface area contributed by atoms with Crippen molar-refractivity contribution in [1.29, 1.82) is 0 Å². The highest BCUT2D eigenvalue weighted by Crippen LogP contribution is 2.52. The monoisotopic (exact) mass is 521 g/mol. The molecular weight excluding hydrogens is 487 g/mol. The van der Waals surface area contributed by atoms with Crippen LogP contribution in [0.2, 0.25) is 0 Å². The summed E-state index contributed by atoms with van der Waals surface area (Å²) in [4.78, 5) is 33.6. The molecule has 2 atom stereocenters. The van der Waals surface area contributed by atoms with Gasteiger partial charge in [0.15, 0.2) is 0 Å². The van der Waals surface area contributed by atoms with Gasteiger partial charge in [0.25, 0.3) is 5.91 Å². The van der Waals surface area contributed by atoms with Crippen LogP contribution in [0.25, 0.3) is 0 Å². The molecule has 0 bridgehead atoms. The largest absolute Gasteiger partial charge is 0.573 e. The van der Waals surface area contributed by atoms with Crippen LogP contribution in [0.5, 0.6) is 5.75 Å². The van der Waals surface area contributed by atoms with Crippen molar-refractivity contribution in [3.8, 4) is 5.75 Å². The molecule has 1 saturated heterocycles. The van der Waals surface area contributed by atoms with Gasteiger partial charge in [0.1, 0.15) is 11.4 Å². The predicted molar refractivity (Wildman–Crippen MR) is 130 cm³/mol. The number of imidazole rings is 1. The molecule has 11 heteroatoms. The first-order chi connectivity index (χ1) is 17.3. The number of aryl methyl sites for hydroxylation is 1. The average molecular weight is 522 g/mol. The summed E-state index contributed by atoms with van der Waals surface area (Å²) in [5.41, 5.74) is 0.845. The topological polar surface area (TPSA) is 79.7 Å². The molecule has 1 aliphatic heterocycles. The van der Waals surface area contributed by atoms with Gasteiger partial charge in [-0.05, 0) is 40.9 Å². The first-order valence-electron chi connectivity index (χ1n) is 12.4. The minimum Gasteiger partial charge on any atom is -0.406 e. The Morgan fingerprint density at radius 1 is 1.19 bits per heavy atom. The van der Waals surface area contributed by atoms with E-state index in [1.165, 1.54) is 24.5 Å². The van der Waals surface area contributed by atoms with Crippen molar-refractivity contribution in [2.24, 2.45) is 30.2 Å². The van der Waals surface area contributed by atoms with E-state index in [1.54, 1.807) is 28.8 Å². The number of hydrogen-bond acceptors (Lipinski definition) is 5. The summed E-state index contributed by atoms with van der Waals surface area (Å²) in [5.74, 6) is 0.463. The third-order valence-corrected chi connectivity index (χ3v) is 6.78. The van der Waals surface area contributed by atoms with E-state index in [1.807, 2.05) is 0 Å². The van der Waals surface area contributed by atoms with E-state index in [0.29, 0.717) is 37.0 Å². The van der Waals surface area contributed by atoms with Crippen LogP contribution in [-0.4, -0.2) is 70.3 Å². The maximum atomic E-state index is 13.3. The number of alkyl halides is 3. The molecule has 8 nitrogen and oxygen atoms in total. The van der Waals surface area contributed by atoms with Gasteiger partial charge in [-0.15, -0.1) is 13.2 Å². The van der Waals surface area contributed by atoms with Crippen LogP contribution in [-0.2, 0) is 18.4 Å². The maximum Gasteiger partial charge on any atom is 0.573 e. The predicted octanol–water partition coefficient (Wildman–Crippen LogP) is 3.30. The number of carbonyl (C=O) groups is 2. The van der Waals surface area contributed by atoms with Gasteiger partial charge in [-0.25, -0.2) is 4.98 Å². The molecular formula is C26H34F3N5O3. The molecule has 202 valence electrons. The fourth-order valence-electron chi connectivity index (χ4n) is 4.98. The third-order valence-electron chi connectivity index (χ3n) is 6.78. The van der Waals surface area contributed by atoms with Gasteiger partial charge in [-0.2, -0.15) is 0 Å². The number of carbonyl (C=O) groups excluding carboxylic acids is 2. The minimum absolute atomic E-state index is 0.0145. The van der Waals surface area contributed by atoms with Crippen LogP contribution >= 0.6 is 0 Å². The number of aromatic nitrogens is 2. The molecule has 2 fully saturated rings. The summed E-state index contributed by atoms with van der Waals surface area (Å²) in [6.45, 7) is 9.38. The second kappa shape index (κ2) is 10.4. The number of fused-ring (bicyclic) bond motifs is 1. The molecule has 2 aromatic rings. The Kier molecular flexibility index (Phi) is 7.55. The zero-order valence-electron chi connectivity index (χ0n) is 21.6. The van der Waals surface area contributed by atoms with Gasteiger partial charge in [-0.1, -0.05) is 32.9 Å². The van der Waals surface area contributed by atoms with E-state index in [-0.39, 0.29) is 41.1 Å². The fraction of sp³-hybridized carbons (Fsp3) is 0.577. The molecule has 2 unspecified atom stereocenters. The Morgan fingerprint density at radius 3 is 2.49 bits per heavy atom. The molecule has 37 heavy (non-hydrogen) atoms. The fourth-order valence-corrected chi connectivity index (χ4v) is 4.98. The minimum atomic E-state index is -4.79. The van der Waals surface area contributed by atoms with E-state index in [2.05, 4.69) is 40.7 Å². The Hall–Kier alpha value is -3.08. The first-order valence-corrected chi connectivity index (χ1v) is 12.4. The number of ether oxygens (including phenoxy) is 1. The number of halogens is 3. The molecule has 0 spiro atoms. The molecule has 1 N–H and O–H groups in total. The standard InChI is InChI=1S/C26H34F3N5O3/c1-25(2,3)15-30-23(35)14-33-10-19-20(11-33)21(19)12-34(24(36)22-13-32(4)16-31-22)9-17-6-5-7-18(8-17)37-26(27,28)29/h5-8,13,16,19-21H,9-12,14-15H2,1-4H3,(H,30,35). The van der Waals surface area contributed by atoms with Crippen molar-refractivity contribution in [3.63, 3.8) is 0 Å². The van der Waals surface area contributed by atoms with Crippen LogP contribution in [0.3, 0.4) is 0 Å². The van der Waals surface area contributed by atoms with E-state index in [4.69, 9.17) is 0 Å². The molecule has 2 aliphatic rings. The lowest BCUT2D eigenvalue weighted by Crippen LogP contribution is -2.41. The first kappa shape index (κ1) is 27.0. The van der Waals surface area contributed by atoms with Crippen molar-refractivity contribution in [2.75, 3.05) is 32.7 Å². The van der Waals surface area contributed by atoms with Gasteiger partial charge >= 0.3 is 6.36 Å². The second-order valence-electron chi connectivity index (χ2n) is 11.3. The average Bonchev–Trinajstić information content (AvgIpc) is 3.11. The van der Waals surface area contributed by atoms with Gasteiger partial charge in [0.05, 0.1) is 12.9 Å². The Labute approximate surface area is 214 Å². The molecule has 1 aromatic heterocycles. The lowest BCUT2D eigenvalue weighted by atomic mass is 9.97. The van der Waals surface area contributed by atoms with Crippen molar-refractivity contribution in [1.82, 2.24) is 24.7 Å². The number of nitrogens with one attached hydrogen (secondary N) is 1. The lowest BCUT2D eigenvalue weighted by molar-refractivity contribution is -0.274. The number of likely N-dealkylation sites (tertiary alicyclic amines) is 1. The van der Waals surface area contributed by atoms with Gasteiger partial charge < -0.3 is 19.5 Å². The van der Waals surface area contributed by atoms with Crippen molar-refractivity contribution < 1.29 is 27.5 Å². The highest BCUT2D eigenvalue weighted by molar-refractivity contribution is 5.92. The van der Waals surface area contributed by atoms with E-state index < -0.39 is 6.36 Å². The molecule has 1 aromatic carbocycles. The SMILES string of the molecule is Cn1cnc(C(=O)N(Cc2cccc(OC(F)(F)F)c2)CC2C3CN(CC(=O)NCC(C)(C)C)CC32)c1. The third kappa shape index (κ3) is 7.47. The number of piperidine rings is 1. The quantitative estimate of drug-likeness (QED) is 0.548. The molecule has 0 radical (unpaired) electrons. The van der Waals surface area contributed by atoms with E-state index >= 15 is 0 Å². The summed E-state index contributed by atoms with van der Waals surface area (Å²) in [6, 6.07) is 5.69. The van der Waals surface area contributed by atoms with Crippen LogP contribution < -0.4 is 10.1 Å². The number of benzene rings is 1. The number of rotatable bonds is 9. The summed E-state index contributed by atoms with van der Waals surface area (Å²) in [6.07, 6.45) is -1.62. The van der Waals surface area contributed by atoms with Gasteiger partial charge in [0.2, 0.25) is 5.91 Å². The Bertz CT molecular complexity index is 1120. The van der Waals surface area contributed by atoms with Crippen molar-refractivity contribution >= 4 is 11.8 Å². The van der Waals surface area contributed by atoms with Crippen molar-refractivity contribution in [2.45, 2.75) is 33.7 Å². The summed E-state index contributed by atoms with van der Waals surface area (Å²) >= 11 is 0. The number of hydrogen-bond donors (Lipinski definition) is 1. The highest BCUT2D eigenvalue weighted by atomic mass is 19.4. The zero-order valence-corrected chi connectivity index (χ0v) is 21.6. The summed E-state index contributed by atoms with van der Waals surface area (Å²) in [7, 11) is 1.77. The van der Waals surface area contributed by atoms with Crippen LogP contribution in [0, 0.1) is 23.2 Å².